The number of aliphatic hydroxyl groups is 2. The van der Waals surface area contributed by atoms with Gasteiger partial charge in [-0.05, 0) is 38.0 Å². The number of fused-ring (bicyclic) bond motifs is 1. The molecule has 2 heterocycles. The molecule has 1 aromatic carbocycles. The van der Waals surface area contributed by atoms with Crippen molar-refractivity contribution in [1.29, 1.82) is 0 Å². The van der Waals surface area contributed by atoms with Crippen molar-refractivity contribution < 1.29 is 38.7 Å². The van der Waals surface area contributed by atoms with Crippen LogP contribution in [0.25, 0.3) is 0 Å². The van der Waals surface area contributed by atoms with Crippen LogP contribution in [-0.2, 0) is 30.2 Å². The second kappa shape index (κ2) is 9.92. The van der Waals surface area contributed by atoms with Crippen molar-refractivity contribution >= 4 is 17.7 Å². The molecule has 2 amide bonds. The molecule has 3 rings (SSSR count). The van der Waals surface area contributed by atoms with Crippen molar-refractivity contribution in [3.63, 3.8) is 0 Å². The van der Waals surface area contributed by atoms with Gasteiger partial charge in [0.05, 0.1) is 26.2 Å². The SMILES string of the molecule is COC(=O)Cc1ccc(NC(=O)NCC[C@H]2[C@H]3OC(C)(C)O[C@H]3O[C@@H]2C(O)CO)cc1. The lowest BCUT2D eigenvalue weighted by atomic mass is 9.91. The maximum atomic E-state index is 12.2. The van der Waals surface area contributed by atoms with E-state index in [1.54, 1.807) is 38.1 Å². The Balaban J connectivity index is 1.50. The first-order chi connectivity index (χ1) is 14.7. The van der Waals surface area contributed by atoms with Gasteiger partial charge < -0.3 is 39.8 Å². The summed E-state index contributed by atoms with van der Waals surface area (Å²) in [5.74, 6) is -1.39. The van der Waals surface area contributed by atoms with E-state index < -0.39 is 37.0 Å². The van der Waals surface area contributed by atoms with E-state index in [2.05, 4.69) is 15.4 Å². The number of carbonyl (C=O) groups excluding carboxylic acids is 2. The topological polar surface area (TPSA) is 136 Å². The molecule has 10 nitrogen and oxygen atoms in total. The predicted molar refractivity (Wildman–Crippen MR) is 109 cm³/mol. The van der Waals surface area contributed by atoms with Crippen molar-refractivity contribution in [2.24, 2.45) is 5.92 Å². The van der Waals surface area contributed by atoms with E-state index in [1.807, 2.05) is 0 Å². The third-order valence-corrected chi connectivity index (χ3v) is 5.34. The first kappa shape index (κ1) is 23.4. The number of urea groups is 1. The predicted octanol–water partition coefficient (Wildman–Crippen LogP) is 0.760. The van der Waals surface area contributed by atoms with Crippen LogP contribution in [0.2, 0.25) is 0 Å². The molecule has 0 aliphatic carbocycles. The summed E-state index contributed by atoms with van der Waals surface area (Å²) < 4.78 is 22.0. The Morgan fingerprint density at radius 1 is 1.23 bits per heavy atom. The largest absolute Gasteiger partial charge is 0.469 e. The first-order valence-corrected chi connectivity index (χ1v) is 10.2. The molecule has 0 radical (unpaired) electrons. The van der Waals surface area contributed by atoms with Gasteiger partial charge in [0.1, 0.15) is 12.2 Å². The Labute approximate surface area is 180 Å². The molecule has 2 fully saturated rings. The minimum Gasteiger partial charge on any atom is -0.469 e. The van der Waals surface area contributed by atoms with Crippen molar-refractivity contribution in [3.8, 4) is 0 Å². The van der Waals surface area contributed by atoms with E-state index >= 15 is 0 Å². The van der Waals surface area contributed by atoms with Crippen molar-refractivity contribution in [2.45, 2.75) is 57.1 Å². The second-order valence-electron chi connectivity index (χ2n) is 8.10. The second-order valence-corrected chi connectivity index (χ2v) is 8.10. The Kier molecular flexibility index (Phi) is 7.50. The van der Waals surface area contributed by atoms with Crippen LogP contribution < -0.4 is 10.6 Å². The fraction of sp³-hybridized carbons (Fsp3) is 0.619. The molecule has 1 aromatic rings. The number of esters is 1. The number of hydrogen-bond donors (Lipinski definition) is 4. The standard InChI is InChI=1S/C21H30N2O8/c1-21(2)30-18-14(17(15(25)11-24)29-19(18)31-21)8-9-22-20(27)23-13-6-4-12(5-7-13)10-16(26)28-3/h4-7,14-15,17-19,24-25H,8-11H2,1-3H3,(H2,22,23,27)/t14-,15?,17+,18-,19-/m1/s1. The number of carbonyl (C=O) groups is 2. The summed E-state index contributed by atoms with van der Waals surface area (Å²) in [4.78, 5) is 23.5. The summed E-state index contributed by atoms with van der Waals surface area (Å²) in [7, 11) is 1.33. The summed E-state index contributed by atoms with van der Waals surface area (Å²) in [6.07, 6.45) is -2.10. The van der Waals surface area contributed by atoms with Gasteiger partial charge in [-0.3, -0.25) is 4.79 Å². The number of rotatable bonds is 8. The molecular formula is C21H30N2O8. The minimum atomic E-state index is -1.07. The van der Waals surface area contributed by atoms with Crippen molar-refractivity contribution in [3.05, 3.63) is 29.8 Å². The molecular weight excluding hydrogens is 408 g/mol. The zero-order valence-corrected chi connectivity index (χ0v) is 17.9. The quantitative estimate of drug-likeness (QED) is 0.437. The number of nitrogens with one attached hydrogen (secondary N) is 2. The summed E-state index contributed by atoms with van der Waals surface area (Å²) in [6.45, 7) is 3.43. The highest BCUT2D eigenvalue weighted by Crippen LogP contribution is 2.42. The van der Waals surface area contributed by atoms with Gasteiger partial charge in [-0.25, -0.2) is 4.79 Å². The van der Waals surface area contributed by atoms with Gasteiger partial charge in [0.15, 0.2) is 12.1 Å². The van der Waals surface area contributed by atoms with Crippen LogP contribution in [-0.4, -0.2) is 72.9 Å². The molecule has 0 saturated carbocycles. The van der Waals surface area contributed by atoms with E-state index in [4.69, 9.17) is 14.2 Å². The van der Waals surface area contributed by atoms with Gasteiger partial charge >= 0.3 is 12.0 Å². The molecule has 0 aromatic heterocycles. The maximum absolute atomic E-state index is 12.2. The first-order valence-electron chi connectivity index (χ1n) is 10.2. The normalized spacial score (nSPS) is 27.4. The molecule has 2 saturated heterocycles. The number of hydrogen-bond acceptors (Lipinski definition) is 8. The third kappa shape index (κ3) is 5.92. The number of ether oxygens (including phenoxy) is 4. The summed E-state index contributed by atoms with van der Waals surface area (Å²) in [6, 6.07) is 6.49. The molecule has 2 aliphatic heterocycles. The van der Waals surface area contributed by atoms with Crippen LogP contribution in [0.1, 0.15) is 25.8 Å². The van der Waals surface area contributed by atoms with Crippen LogP contribution in [0.15, 0.2) is 24.3 Å². The van der Waals surface area contributed by atoms with E-state index in [9.17, 15) is 19.8 Å². The molecule has 31 heavy (non-hydrogen) atoms. The number of anilines is 1. The smallest absolute Gasteiger partial charge is 0.319 e. The molecule has 0 spiro atoms. The van der Waals surface area contributed by atoms with E-state index in [-0.39, 0.29) is 24.3 Å². The van der Waals surface area contributed by atoms with Crippen molar-refractivity contribution in [1.82, 2.24) is 5.32 Å². The van der Waals surface area contributed by atoms with E-state index in [0.717, 1.165) is 5.56 Å². The average molecular weight is 438 g/mol. The van der Waals surface area contributed by atoms with E-state index in [1.165, 1.54) is 7.11 Å². The number of aliphatic hydroxyl groups excluding tert-OH is 2. The van der Waals surface area contributed by atoms with Gasteiger partial charge in [0, 0.05) is 18.2 Å². The van der Waals surface area contributed by atoms with Crippen molar-refractivity contribution in [2.75, 3.05) is 25.6 Å². The molecule has 2 aliphatic rings. The van der Waals surface area contributed by atoms with Crippen LogP contribution in [0.3, 0.4) is 0 Å². The Hall–Kier alpha value is -2.24. The molecule has 1 unspecified atom stereocenters. The maximum Gasteiger partial charge on any atom is 0.319 e. The summed E-state index contributed by atoms with van der Waals surface area (Å²) in [5.41, 5.74) is 1.36. The number of benzene rings is 1. The summed E-state index contributed by atoms with van der Waals surface area (Å²) in [5, 5.41) is 24.9. The molecule has 172 valence electrons. The number of methoxy groups -OCH3 is 1. The van der Waals surface area contributed by atoms with Gasteiger partial charge in [0.25, 0.3) is 0 Å². The van der Waals surface area contributed by atoms with Gasteiger partial charge in [-0.15, -0.1) is 0 Å². The van der Waals surface area contributed by atoms with Crippen LogP contribution in [0, 0.1) is 5.92 Å². The van der Waals surface area contributed by atoms with E-state index in [0.29, 0.717) is 18.7 Å². The lowest BCUT2D eigenvalue weighted by molar-refractivity contribution is -0.222. The zero-order chi connectivity index (χ0) is 22.6. The Bertz CT molecular complexity index is 769. The van der Waals surface area contributed by atoms with Crippen LogP contribution in [0.5, 0.6) is 0 Å². The number of amides is 2. The zero-order valence-electron chi connectivity index (χ0n) is 17.9. The van der Waals surface area contributed by atoms with Crippen LogP contribution in [0.4, 0.5) is 10.5 Å². The average Bonchev–Trinajstić information content (AvgIpc) is 3.21. The highest BCUT2D eigenvalue weighted by molar-refractivity contribution is 5.89. The van der Waals surface area contributed by atoms with Gasteiger partial charge in [-0.1, -0.05) is 12.1 Å². The fourth-order valence-electron chi connectivity index (χ4n) is 3.88. The Morgan fingerprint density at radius 3 is 2.58 bits per heavy atom. The van der Waals surface area contributed by atoms with Gasteiger partial charge in [-0.2, -0.15) is 0 Å². The molecule has 0 bridgehead atoms. The highest BCUT2D eigenvalue weighted by Gasteiger charge is 2.55. The monoisotopic (exact) mass is 438 g/mol. The molecule has 10 heteroatoms. The fourth-order valence-corrected chi connectivity index (χ4v) is 3.88. The molecule has 4 N–H and O–H groups in total. The third-order valence-electron chi connectivity index (χ3n) is 5.34. The van der Waals surface area contributed by atoms with Crippen LogP contribution >= 0.6 is 0 Å². The highest BCUT2D eigenvalue weighted by atomic mass is 16.8. The lowest BCUT2D eigenvalue weighted by Gasteiger charge is -2.28. The van der Waals surface area contributed by atoms with Gasteiger partial charge in [0.2, 0.25) is 0 Å². The summed E-state index contributed by atoms with van der Waals surface area (Å²) >= 11 is 0. The lowest BCUT2D eigenvalue weighted by Crippen LogP contribution is -2.41. The molecule has 5 atom stereocenters. The minimum absolute atomic E-state index is 0.165. The Morgan fingerprint density at radius 2 is 1.94 bits per heavy atom.